The number of hydrogen-bond donors (Lipinski definition) is 3. The van der Waals surface area contributed by atoms with E-state index in [4.69, 9.17) is 10.8 Å². The third-order valence-electron chi connectivity index (χ3n) is 2.88. The van der Waals surface area contributed by atoms with E-state index in [9.17, 15) is 4.79 Å². The summed E-state index contributed by atoms with van der Waals surface area (Å²) in [4.78, 5) is 10.8. The molecule has 4 nitrogen and oxygen atoms in total. The Hall–Kier alpha value is -1.71. The first-order valence-electron chi connectivity index (χ1n) is 5.85. The Labute approximate surface area is 102 Å². The fourth-order valence-electron chi connectivity index (χ4n) is 1.77. The molecule has 4 heteroatoms. The maximum atomic E-state index is 10.8. The summed E-state index contributed by atoms with van der Waals surface area (Å²) in [6.45, 7) is 6.39. The lowest BCUT2D eigenvalue weighted by molar-refractivity contribution is 0.0697. The minimum absolute atomic E-state index is 0.214. The molecule has 0 amide bonds. The molecule has 1 atom stereocenters. The van der Waals surface area contributed by atoms with E-state index in [1.54, 1.807) is 12.1 Å². The Morgan fingerprint density at radius 1 is 1.47 bits per heavy atom. The summed E-state index contributed by atoms with van der Waals surface area (Å²) in [6, 6.07) is 5.11. The van der Waals surface area contributed by atoms with Gasteiger partial charge in [0.05, 0.1) is 16.9 Å². The Bertz CT molecular complexity index is 402. The number of carboxylic acid groups (broad SMARTS) is 1. The van der Waals surface area contributed by atoms with Crippen LogP contribution in [-0.4, -0.2) is 17.1 Å². The van der Waals surface area contributed by atoms with Crippen molar-refractivity contribution in [2.45, 2.75) is 33.2 Å². The van der Waals surface area contributed by atoms with Gasteiger partial charge in [0.2, 0.25) is 0 Å². The molecule has 0 bridgehead atoms. The largest absolute Gasteiger partial charge is 0.478 e. The topological polar surface area (TPSA) is 75.3 Å². The van der Waals surface area contributed by atoms with Gasteiger partial charge in [-0.15, -0.1) is 0 Å². The lowest BCUT2D eigenvalue weighted by Crippen LogP contribution is -2.25. The number of nitrogen functional groups attached to an aromatic ring is 1. The van der Waals surface area contributed by atoms with Crippen molar-refractivity contribution < 1.29 is 9.90 Å². The smallest absolute Gasteiger partial charge is 0.335 e. The zero-order chi connectivity index (χ0) is 13.0. The van der Waals surface area contributed by atoms with E-state index in [1.165, 1.54) is 6.07 Å². The predicted molar refractivity (Wildman–Crippen MR) is 70.4 cm³/mol. The van der Waals surface area contributed by atoms with Crippen LogP contribution in [0.1, 0.15) is 37.6 Å². The first-order valence-corrected chi connectivity index (χ1v) is 5.85. The Morgan fingerprint density at radius 2 is 2.12 bits per heavy atom. The van der Waals surface area contributed by atoms with Crippen LogP contribution >= 0.6 is 0 Å². The molecule has 0 aliphatic carbocycles. The van der Waals surface area contributed by atoms with Crippen LogP contribution in [0.5, 0.6) is 0 Å². The molecule has 1 unspecified atom stereocenters. The second kappa shape index (κ2) is 5.57. The van der Waals surface area contributed by atoms with Crippen molar-refractivity contribution in [1.29, 1.82) is 0 Å². The minimum Gasteiger partial charge on any atom is -0.478 e. The van der Waals surface area contributed by atoms with Gasteiger partial charge in [-0.3, -0.25) is 0 Å². The predicted octanol–water partition coefficient (Wildman–Crippen LogP) is 2.81. The van der Waals surface area contributed by atoms with E-state index in [2.05, 4.69) is 26.1 Å². The van der Waals surface area contributed by atoms with Gasteiger partial charge >= 0.3 is 5.97 Å². The molecule has 17 heavy (non-hydrogen) atoms. The number of anilines is 2. The molecule has 1 rings (SSSR count). The minimum atomic E-state index is -0.959. The van der Waals surface area contributed by atoms with Crippen LogP contribution in [0.25, 0.3) is 0 Å². The highest BCUT2D eigenvalue weighted by molar-refractivity contribution is 5.90. The zero-order valence-electron chi connectivity index (χ0n) is 10.5. The van der Waals surface area contributed by atoms with Crippen molar-refractivity contribution in [2.75, 3.05) is 11.1 Å². The van der Waals surface area contributed by atoms with E-state index in [1.807, 2.05) is 0 Å². The number of carbonyl (C=O) groups is 1. The molecule has 0 aliphatic heterocycles. The van der Waals surface area contributed by atoms with Gasteiger partial charge in [-0.25, -0.2) is 4.79 Å². The van der Waals surface area contributed by atoms with Crippen molar-refractivity contribution in [3.63, 3.8) is 0 Å². The van der Waals surface area contributed by atoms with Crippen LogP contribution < -0.4 is 11.1 Å². The Kier molecular flexibility index (Phi) is 4.37. The third-order valence-corrected chi connectivity index (χ3v) is 2.88. The number of nitrogens with one attached hydrogen (secondary N) is 1. The van der Waals surface area contributed by atoms with E-state index in [0.717, 1.165) is 12.1 Å². The molecule has 0 heterocycles. The van der Waals surface area contributed by atoms with Crippen LogP contribution in [0, 0.1) is 5.92 Å². The first kappa shape index (κ1) is 13.4. The number of hydrogen-bond acceptors (Lipinski definition) is 3. The average molecular weight is 236 g/mol. The van der Waals surface area contributed by atoms with E-state index in [0.29, 0.717) is 17.6 Å². The number of carboxylic acids is 1. The summed E-state index contributed by atoms with van der Waals surface area (Å²) in [7, 11) is 0. The highest BCUT2D eigenvalue weighted by atomic mass is 16.4. The SMILES string of the molecule is CCC(Nc1ccc(C(=O)O)cc1N)C(C)C. The fourth-order valence-corrected chi connectivity index (χ4v) is 1.77. The molecule has 1 aromatic carbocycles. The highest BCUT2D eigenvalue weighted by Crippen LogP contribution is 2.23. The highest BCUT2D eigenvalue weighted by Gasteiger charge is 2.13. The second-order valence-corrected chi connectivity index (χ2v) is 4.51. The van der Waals surface area contributed by atoms with Gasteiger partial charge in [-0.05, 0) is 30.5 Å². The molecular formula is C13H20N2O2. The van der Waals surface area contributed by atoms with Crippen molar-refractivity contribution in [1.82, 2.24) is 0 Å². The van der Waals surface area contributed by atoms with E-state index >= 15 is 0 Å². The lowest BCUT2D eigenvalue weighted by atomic mass is 10.0. The third kappa shape index (κ3) is 3.37. The molecule has 0 spiro atoms. The zero-order valence-corrected chi connectivity index (χ0v) is 10.5. The number of rotatable bonds is 5. The monoisotopic (exact) mass is 236 g/mol. The molecule has 4 N–H and O–H groups in total. The summed E-state index contributed by atoms with van der Waals surface area (Å²) in [5.41, 5.74) is 7.33. The van der Waals surface area contributed by atoms with E-state index < -0.39 is 5.97 Å². The summed E-state index contributed by atoms with van der Waals surface area (Å²) in [5, 5.41) is 12.2. The van der Waals surface area contributed by atoms with Crippen molar-refractivity contribution >= 4 is 17.3 Å². The maximum absolute atomic E-state index is 10.8. The van der Waals surface area contributed by atoms with Gasteiger partial charge in [0.15, 0.2) is 0 Å². The standard InChI is InChI=1S/C13H20N2O2/c1-4-11(8(2)3)15-12-6-5-9(13(16)17)7-10(12)14/h5-8,11,15H,4,14H2,1-3H3,(H,16,17). The van der Waals surface area contributed by atoms with Gasteiger partial charge in [0, 0.05) is 6.04 Å². The fraction of sp³-hybridized carbons (Fsp3) is 0.462. The lowest BCUT2D eigenvalue weighted by Gasteiger charge is -2.23. The number of nitrogens with two attached hydrogens (primary N) is 1. The molecule has 0 aromatic heterocycles. The number of benzene rings is 1. The molecule has 0 saturated heterocycles. The normalized spacial score (nSPS) is 12.5. The Balaban J connectivity index is 2.89. The maximum Gasteiger partial charge on any atom is 0.335 e. The van der Waals surface area contributed by atoms with E-state index in [-0.39, 0.29) is 5.56 Å². The Morgan fingerprint density at radius 3 is 2.53 bits per heavy atom. The van der Waals surface area contributed by atoms with Gasteiger partial charge < -0.3 is 16.2 Å². The average Bonchev–Trinajstić information content (AvgIpc) is 2.26. The van der Waals surface area contributed by atoms with Crippen LogP contribution in [0.3, 0.4) is 0 Å². The quantitative estimate of drug-likeness (QED) is 0.687. The molecule has 0 fully saturated rings. The van der Waals surface area contributed by atoms with Gasteiger partial charge in [0.25, 0.3) is 0 Å². The van der Waals surface area contributed by atoms with Crippen molar-refractivity contribution in [3.8, 4) is 0 Å². The molecule has 0 radical (unpaired) electrons. The molecule has 0 saturated carbocycles. The van der Waals surface area contributed by atoms with Gasteiger partial charge in [0.1, 0.15) is 0 Å². The number of aromatic carboxylic acids is 1. The van der Waals surface area contributed by atoms with Crippen LogP contribution in [0.2, 0.25) is 0 Å². The van der Waals surface area contributed by atoms with Gasteiger partial charge in [-0.2, -0.15) is 0 Å². The van der Waals surface area contributed by atoms with Crippen LogP contribution in [0.4, 0.5) is 11.4 Å². The molecule has 0 aliphatic rings. The summed E-state index contributed by atoms with van der Waals surface area (Å²) < 4.78 is 0. The summed E-state index contributed by atoms with van der Waals surface area (Å²) in [5.74, 6) is -0.460. The summed E-state index contributed by atoms with van der Waals surface area (Å²) in [6.07, 6.45) is 0.998. The second-order valence-electron chi connectivity index (χ2n) is 4.51. The molecular weight excluding hydrogens is 216 g/mol. The van der Waals surface area contributed by atoms with Gasteiger partial charge in [-0.1, -0.05) is 20.8 Å². The van der Waals surface area contributed by atoms with Crippen LogP contribution in [0.15, 0.2) is 18.2 Å². The van der Waals surface area contributed by atoms with Crippen molar-refractivity contribution in [3.05, 3.63) is 23.8 Å². The molecule has 1 aromatic rings. The summed E-state index contributed by atoms with van der Waals surface area (Å²) >= 11 is 0. The first-order chi connectivity index (χ1) is 7.95. The molecule has 94 valence electrons. The van der Waals surface area contributed by atoms with Crippen molar-refractivity contribution in [2.24, 2.45) is 5.92 Å². The van der Waals surface area contributed by atoms with Crippen LogP contribution in [-0.2, 0) is 0 Å².